The van der Waals surface area contributed by atoms with Crippen LogP contribution < -0.4 is 10.2 Å². The molecule has 0 saturated carbocycles. The normalized spacial score (nSPS) is 14.9. The summed E-state index contributed by atoms with van der Waals surface area (Å²) in [6.45, 7) is 2.40. The molecule has 0 bridgehead atoms. The molecular weight excluding hydrogens is 436 g/mol. The van der Waals surface area contributed by atoms with E-state index < -0.39 is 17.8 Å². The van der Waals surface area contributed by atoms with Gasteiger partial charge in [0, 0.05) is 5.56 Å². The third-order valence-electron chi connectivity index (χ3n) is 5.17. The molecule has 2 aromatic carbocycles. The van der Waals surface area contributed by atoms with Gasteiger partial charge in [0.2, 0.25) is 0 Å². The van der Waals surface area contributed by atoms with Gasteiger partial charge in [0.1, 0.15) is 17.1 Å². The molecule has 1 aliphatic heterocycles. The summed E-state index contributed by atoms with van der Waals surface area (Å²) < 4.78 is 11.0. The number of para-hydroxylation sites is 1. The lowest BCUT2D eigenvalue weighted by Gasteiger charge is -2.26. The van der Waals surface area contributed by atoms with Crippen LogP contribution in [-0.2, 0) is 14.3 Å². The van der Waals surface area contributed by atoms with Crippen molar-refractivity contribution in [3.8, 4) is 11.3 Å². The van der Waals surface area contributed by atoms with Gasteiger partial charge in [0.25, 0.3) is 11.8 Å². The van der Waals surface area contributed by atoms with E-state index >= 15 is 0 Å². The van der Waals surface area contributed by atoms with Gasteiger partial charge in [-0.15, -0.1) is 0 Å². The number of hydrogen-bond acceptors (Lipinski definition) is 6. The maximum Gasteiger partial charge on any atom is 0.338 e. The highest BCUT2D eigenvalue weighted by atomic mass is 16.5. The SMILES string of the molecule is CCCCOC(=O)c1ccc(-c2ccc(/C=C3\C(=O)NC(=O)N(c4ccccc4)C3=O)o2)cc1. The lowest BCUT2D eigenvalue weighted by Crippen LogP contribution is -2.54. The largest absolute Gasteiger partial charge is 0.462 e. The molecule has 1 aromatic heterocycles. The van der Waals surface area contributed by atoms with Crippen molar-refractivity contribution in [2.24, 2.45) is 0 Å². The number of unbranched alkanes of at least 4 members (excludes halogenated alkanes) is 1. The second-order valence-corrected chi connectivity index (χ2v) is 7.56. The molecule has 0 spiro atoms. The molecule has 1 fully saturated rings. The Bertz CT molecular complexity index is 1260. The summed E-state index contributed by atoms with van der Waals surface area (Å²) in [5.41, 5.74) is 1.26. The number of barbiturate groups is 1. The standard InChI is InChI=1S/C26H22N2O6/c1-2-3-15-33-25(31)18-11-9-17(10-12-18)22-14-13-20(34-22)16-21-23(29)27-26(32)28(24(21)30)19-7-5-4-6-8-19/h4-14,16H,2-3,15H2,1H3,(H,27,29,32)/b21-16+. The van der Waals surface area contributed by atoms with Crippen LogP contribution in [-0.4, -0.2) is 30.4 Å². The van der Waals surface area contributed by atoms with Crippen molar-refractivity contribution >= 4 is 35.6 Å². The summed E-state index contributed by atoms with van der Waals surface area (Å²) in [6.07, 6.45) is 3.05. The van der Waals surface area contributed by atoms with Crippen LogP contribution in [0, 0.1) is 0 Å². The van der Waals surface area contributed by atoms with E-state index in [1.165, 1.54) is 6.08 Å². The van der Waals surface area contributed by atoms with Crippen LogP contribution in [0.1, 0.15) is 35.9 Å². The smallest absolute Gasteiger partial charge is 0.338 e. The van der Waals surface area contributed by atoms with Crippen LogP contribution in [0.2, 0.25) is 0 Å². The second-order valence-electron chi connectivity index (χ2n) is 7.56. The predicted octanol–water partition coefficient (Wildman–Crippen LogP) is 4.57. The molecule has 1 N–H and O–H groups in total. The molecular formula is C26H22N2O6. The highest BCUT2D eigenvalue weighted by molar-refractivity contribution is 6.39. The van der Waals surface area contributed by atoms with Crippen LogP contribution in [0.3, 0.4) is 0 Å². The number of carbonyl (C=O) groups excluding carboxylic acids is 4. The molecule has 172 valence electrons. The van der Waals surface area contributed by atoms with Gasteiger partial charge in [0.05, 0.1) is 17.9 Å². The van der Waals surface area contributed by atoms with Crippen LogP contribution in [0.15, 0.2) is 76.7 Å². The quantitative estimate of drug-likeness (QED) is 0.241. The molecule has 3 aromatic rings. The number of esters is 1. The fraction of sp³-hybridized carbons (Fsp3) is 0.154. The molecule has 1 aliphatic rings. The Kier molecular flexibility index (Phi) is 6.68. The maximum absolute atomic E-state index is 12.9. The van der Waals surface area contributed by atoms with Crippen molar-refractivity contribution in [1.29, 1.82) is 0 Å². The summed E-state index contributed by atoms with van der Waals surface area (Å²) in [4.78, 5) is 50.4. The van der Waals surface area contributed by atoms with E-state index in [0.29, 0.717) is 29.2 Å². The molecule has 0 atom stereocenters. The maximum atomic E-state index is 12.9. The highest BCUT2D eigenvalue weighted by Crippen LogP contribution is 2.26. The number of urea groups is 1. The number of furan rings is 1. The van der Waals surface area contributed by atoms with Gasteiger partial charge >= 0.3 is 12.0 Å². The lowest BCUT2D eigenvalue weighted by atomic mass is 10.1. The molecule has 0 radical (unpaired) electrons. The predicted molar refractivity (Wildman–Crippen MR) is 125 cm³/mol. The van der Waals surface area contributed by atoms with Gasteiger partial charge < -0.3 is 9.15 Å². The third-order valence-corrected chi connectivity index (χ3v) is 5.17. The number of anilines is 1. The van der Waals surface area contributed by atoms with Crippen molar-refractivity contribution in [3.63, 3.8) is 0 Å². The zero-order valence-corrected chi connectivity index (χ0v) is 18.4. The van der Waals surface area contributed by atoms with Crippen molar-refractivity contribution < 1.29 is 28.3 Å². The summed E-state index contributed by atoms with van der Waals surface area (Å²) in [5.74, 6) is -1.18. The van der Waals surface area contributed by atoms with Crippen molar-refractivity contribution in [1.82, 2.24) is 5.32 Å². The van der Waals surface area contributed by atoms with Crippen LogP contribution >= 0.6 is 0 Å². The number of ether oxygens (including phenoxy) is 1. The summed E-state index contributed by atoms with van der Waals surface area (Å²) in [5, 5.41) is 2.18. The van der Waals surface area contributed by atoms with Crippen LogP contribution in [0.4, 0.5) is 10.5 Å². The third kappa shape index (κ3) is 4.80. The molecule has 0 aliphatic carbocycles. The minimum Gasteiger partial charge on any atom is -0.462 e. The average Bonchev–Trinajstić information content (AvgIpc) is 3.31. The van der Waals surface area contributed by atoms with E-state index in [1.54, 1.807) is 66.7 Å². The minimum absolute atomic E-state index is 0.227. The Labute approximate surface area is 195 Å². The van der Waals surface area contributed by atoms with Crippen LogP contribution in [0.25, 0.3) is 17.4 Å². The first kappa shape index (κ1) is 22.7. The lowest BCUT2D eigenvalue weighted by molar-refractivity contribution is -0.122. The number of rotatable bonds is 7. The Balaban J connectivity index is 1.53. The van der Waals surface area contributed by atoms with Gasteiger partial charge in [-0.3, -0.25) is 14.9 Å². The molecule has 0 unspecified atom stereocenters. The first-order valence-electron chi connectivity index (χ1n) is 10.8. The minimum atomic E-state index is -0.813. The molecule has 1 saturated heterocycles. The zero-order chi connectivity index (χ0) is 24.1. The number of nitrogens with zero attached hydrogens (tertiary/aromatic N) is 1. The number of amides is 4. The zero-order valence-electron chi connectivity index (χ0n) is 18.4. The van der Waals surface area contributed by atoms with Crippen molar-refractivity contribution in [2.45, 2.75) is 19.8 Å². The number of nitrogens with one attached hydrogen (secondary N) is 1. The number of hydrogen-bond donors (Lipinski definition) is 1. The highest BCUT2D eigenvalue weighted by Gasteiger charge is 2.36. The Morgan fingerprint density at radius 1 is 1.00 bits per heavy atom. The molecule has 8 nitrogen and oxygen atoms in total. The second kappa shape index (κ2) is 9.99. The Morgan fingerprint density at radius 2 is 1.74 bits per heavy atom. The van der Waals surface area contributed by atoms with E-state index in [4.69, 9.17) is 9.15 Å². The van der Waals surface area contributed by atoms with E-state index in [1.807, 2.05) is 6.92 Å². The monoisotopic (exact) mass is 458 g/mol. The molecule has 34 heavy (non-hydrogen) atoms. The van der Waals surface area contributed by atoms with Gasteiger partial charge in [-0.2, -0.15) is 0 Å². The molecule has 2 heterocycles. The first-order valence-corrected chi connectivity index (χ1v) is 10.8. The summed E-state index contributed by atoms with van der Waals surface area (Å²) in [7, 11) is 0. The fourth-order valence-corrected chi connectivity index (χ4v) is 3.36. The van der Waals surface area contributed by atoms with Gasteiger partial charge in [0.15, 0.2) is 0 Å². The fourth-order valence-electron chi connectivity index (χ4n) is 3.36. The van der Waals surface area contributed by atoms with Crippen molar-refractivity contribution in [3.05, 3.63) is 83.6 Å². The molecule has 8 heteroatoms. The Morgan fingerprint density at radius 3 is 2.44 bits per heavy atom. The van der Waals surface area contributed by atoms with E-state index in [-0.39, 0.29) is 17.3 Å². The summed E-state index contributed by atoms with van der Waals surface area (Å²) >= 11 is 0. The Hall–Kier alpha value is -4.46. The first-order chi connectivity index (χ1) is 16.5. The van der Waals surface area contributed by atoms with Gasteiger partial charge in [-0.25, -0.2) is 14.5 Å². The summed E-state index contributed by atoms with van der Waals surface area (Å²) in [6, 6.07) is 17.5. The van der Waals surface area contributed by atoms with Gasteiger partial charge in [-0.05, 0) is 48.9 Å². The molecule has 4 amide bonds. The number of carbonyl (C=O) groups is 4. The topological polar surface area (TPSA) is 106 Å². The number of benzene rings is 2. The van der Waals surface area contributed by atoms with E-state index in [2.05, 4.69) is 5.32 Å². The van der Waals surface area contributed by atoms with Crippen molar-refractivity contribution in [2.75, 3.05) is 11.5 Å². The van der Waals surface area contributed by atoms with Gasteiger partial charge in [-0.1, -0.05) is 43.7 Å². The average molecular weight is 458 g/mol. The van der Waals surface area contributed by atoms with E-state index in [9.17, 15) is 19.2 Å². The van der Waals surface area contributed by atoms with Crippen LogP contribution in [0.5, 0.6) is 0 Å². The number of imide groups is 2. The van der Waals surface area contributed by atoms with E-state index in [0.717, 1.165) is 17.7 Å². The molecule has 4 rings (SSSR count).